The molecule has 0 bridgehead atoms. The highest BCUT2D eigenvalue weighted by Crippen LogP contribution is 2.24. The summed E-state index contributed by atoms with van der Waals surface area (Å²) >= 11 is 12.6. The molecule has 122 valence electrons. The maximum Gasteiger partial charge on any atom is 0.257 e. The van der Waals surface area contributed by atoms with Crippen LogP contribution in [0, 0.1) is 6.92 Å². The first-order valence-electron chi connectivity index (χ1n) is 6.38. The molecular weight excluding hydrogens is 358 g/mol. The number of aryl methyl sites for hydroxylation is 1. The van der Waals surface area contributed by atoms with Crippen LogP contribution in [0.15, 0.2) is 23.4 Å². The van der Waals surface area contributed by atoms with Gasteiger partial charge in [0.2, 0.25) is 5.16 Å². The summed E-state index contributed by atoms with van der Waals surface area (Å²) in [5.41, 5.74) is 3.23. The van der Waals surface area contributed by atoms with Crippen molar-refractivity contribution in [2.45, 2.75) is 12.1 Å². The van der Waals surface area contributed by atoms with Gasteiger partial charge in [-0.15, -0.1) is 10.2 Å². The molecule has 1 amide bonds. The molecule has 2 N–H and O–H groups in total. The van der Waals surface area contributed by atoms with Crippen molar-refractivity contribution < 1.29 is 9.53 Å². The van der Waals surface area contributed by atoms with Gasteiger partial charge in [0.15, 0.2) is 5.11 Å². The van der Waals surface area contributed by atoms with Crippen molar-refractivity contribution in [3.05, 3.63) is 34.6 Å². The van der Waals surface area contributed by atoms with Gasteiger partial charge >= 0.3 is 0 Å². The lowest BCUT2D eigenvalue weighted by Gasteiger charge is -2.12. The molecule has 2 aromatic rings. The minimum Gasteiger partial charge on any atom is -0.495 e. The topological polar surface area (TPSA) is 81.1 Å². The van der Waals surface area contributed by atoms with E-state index in [1.165, 1.54) is 24.9 Å². The van der Waals surface area contributed by atoms with Crippen molar-refractivity contribution in [2.24, 2.45) is 0 Å². The van der Waals surface area contributed by atoms with E-state index in [0.717, 1.165) is 0 Å². The number of thiocarbonyl (C=S) groups is 1. The van der Waals surface area contributed by atoms with Crippen LogP contribution in [0.3, 0.4) is 0 Å². The van der Waals surface area contributed by atoms with Gasteiger partial charge in [0, 0.05) is 5.56 Å². The van der Waals surface area contributed by atoms with Crippen LogP contribution in [0.25, 0.3) is 0 Å². The number of carbonyl (C=O) groups is 1. The van der Waals surface area contributed by atoms with Crippen LogP contribution >= 0.6 is 35.6 Å². The van der Waals surface area contributed by atoms with E-state index >= 15 is 0 Å². The summed E-state index contributed by atoms with van der Waals surface area (Å²) in [6.45, 7) is 1.77. The van der Waals surface area contributed by atoms with Gasteiger partial charge in [0.25, 0.3) is 5.91 Å². The molecule has 0 saturated carbocycles. The minimum absolute atomic E-state index is 0.125. The van der Waals surface area contributed by atoms with Gasteiger partial charge in [-0.05, 0) is 43.6 Å². The molecule has 0 unspecified atom stereocenters. The van der Waals surface area contributed by atoms with Crippen LogP contribution in [0.2, 0.25) is 5.02 Å². The van der Waals surface area contributed by atoms with E-state index in [0.29, 0.717) is 27.3 Å². The van der Waals surface area contributed by atoms with E-state index in [9.17, 15) is 4.79 Å². The second-order valence-corrected chi connectivity index (χ2v) is 5.90. The van der Waals surface area contributed by atoms with Crippen molar-refractivity contribution >= 4 is 46.6 Å². The standard InChI is InChI=1S/C13H14ClN5O2S2/c1-7-16-17-13(23-3)19(7)18-12(22)15-11(20)8-4-5-10(21-2)9(14)6-8/h4-6H,1-3H3,(H2,15,18,20,22). The number of thioether (sulfide) groups is 1. The van der Waals surface area contributed by atoms with Crippen LogP contribution in [0.1, 0.15) is 16.2 Å². The number of benzene rings is 1. The number of hydrogen-bond acceptors (Lipinski definition) is 6. The Morgan fingerprint density at radius 1 is 1.43 bits per heavy atom. The van der Waals surface area contributed by atoms with E-state index in [1.54, 1.807) is 23.7 Å². The minimum atomic E-state index is -0.386. The van der Waals surface area contributed by atoms with Crippen LogP contribution < -0.4 is 15.5 Å². The molecule has 7 nitrogen and oxygen atoms in total. The van der Waals surface area contributed by atoms with Gasteiger partial charge in [0.05, 0.1) is 12.1 Å². The lowest BCUT2D eigenvalue weighted by Crippen LogP contribution is -2.38. The summed E-state index contributed by atoms with van der Waals surface area (Å²) < 4.78 is 6.64. The molecular formula is C13H14ClN5O2S2. The first-order valence-corrected chi connectivity index (χ1v) is 8.39. The molecule has 0 fully saturated rings. The summed E-state index contributed by atoms with van der Waals surface area (Å²) in [4.78, 5) is 12.2. The summed E-state index contributed by atoms with van der Waals surface area (Å²) in [6.07, 6.45) is 1.86. The predicted octanol–water partition coefficient (Wildman–Crippen LogP) is 2.23. The second kappa shape index (κ2) is 7.62. The zero-order chi connectivity index (χ0) is 17.0. The van der Waals surface area contributed by atoms with Gasteiger partial charge < -0.3 is 4.74 Å². The van der Waals surface area contributed by atoms with Gasteiger partial charge in [-0.3, -0.25) is 15.5 Å². The van der Waals surface area contributed by atoms with Crippen molar-refractivity contribution in [2.75, 3.05) is 18.8 Å². The first kappa shape index (κ1) is 17.5. The molecule has 0 aliphatic carbocycles. The quantitative estimate of drug-likeness (QED) is 0.630. The maximum atomic E-state index is 12.2. The van der Waals surface area contributed by atoms with Crippen molar-refractivity contribution in [3.63, 3.8) is 0 Å². The van der Waals surface area contributed by atoms with Gasteiger partial charge in [-0.1, -0.05) is 23.4 Å². The Balaban J connectivity index is 2.06. The average Bonchev–Trinajstić information content (AvgIpc) is 2.87. The summed E-state index contributed by atoms with van der Waals surface area (Å²) in [7, 11) is 1.50. The van der Waals surface area contributed by atoms with Crippen LogP contribution in [0.4, 0.5) is 0 Å². The number of halogens is 1. The second-order valence-electron chi connectivity index (χ2n) is 4.31. The highest BCUT2D eigenvalue weighted by molar-refractivity contribution is 7.98. The lowest BCUT2D eigenvalue weighted by molar-refractivity contribution is 0.0977. The zero-order valence-corrected chi connectivity index (χ0v) is 15.0. The fourth-order valence-electron chi connectivity index (χ4n) is 1.72. The highest BCUT2D eigenvalue weighted by Gasteiger charge is 2.13. The van der Waals surface area contributed by atoms with Gasteiger partial charge in [0.1, 0.15) is 11.6 Å². The van der Waals surface area contributed by atoms with E-state index < -0.39 is 0 Å². The molecule has 0 atom stereocenters. The Labute approximate surface area is 147 Å². The first-order chi connectivity index (χ1) is 11.0. The van der Waals surface area contributed by atoms with Gasteiger partial charge in [-0.2, -0.15) is 0 Å². The van der Waals surface area contributed by atoms with E-state index in [2.05, 4.69) is 20.9 Å². The normalized spacial score (nSPS) is 10.3. The molecule has 2 rings (SSSR count). The number of nitrogens with zero attached hydrogens (tertiary/aromatic N) is 3. The Hall–Kier alpha value is -1.84. The number of aromatic nitrogens is 3. The number of nitrogens with one attached hydrogen (secondary N) is 2. The molecule has 0 saturated heterocycles. The third-order valence-corrected chi connectivity index (χ3v) is 3.95. The van der Waals surface area contributed by atoms with Crippen LogP contribution in [-0.4, -0.2) is 39.3 Å². The fraction of sp³-hybridized carbons (Fsp3) is 0.231. The van der Waals surface area contributed by atoms with Crippen LogP contribution in [0.5, 0.6) is 5.75 Å². The highest BCUT2D eigenvalue weighted by atomic mass is 35.5. The third kappa shape index (κ3) is 4.12. The smallest absolute Gasteiger partial charge is 0.257 e. The number of methoxy groups -OCH3 is 1. The number of amides is 1. The molecule has 0 spiro atoms. The average molecular weight is 372 g/mol. The monoisotopic (exact) mass is 371 g/mol. The Morgan fingerprint density at radius 2 is 2.17 bits per heavy atom. The molecule has 0 radical (unpaired) electrons. The molecule has 1 aromatic heterocycles. The summed E-state index contributed by atoms with van der Waals surface area (Å²) in [5.74, 6) is 0.732. The van der Waals surface area contributed by atoms with Crippen LogP contribution in [-0.2, 0) is 0 Å². The van der Waals surface area contributed by atoms with Crippen molar-refractivity contribution in [1.29, 1.82) is 0 Å². The molecule has 0 aliphatic rings. The van der Waals surface area contributed by atoms with Gasteiger partial charge in [-0.25, -0.2) is 4.68 Å². The summed E-state index contributed by atoms with van der Waals surface area (Å²) in [6, 6.07) is 4.72. The van der Waals surface area contributed by atoms with E-state index in [-0.39, 0.29) is 11.0 Å². The number of carbonyl (C=O) groups excluding carboxylic acids is 1. The van der Waals surface area contributed by atoms with E-state index in [1.807, 2.05) is 6.26 Å². The number of rotatable bonds is 4. The summed E-state index contributed by atoms with van der Waals surface area (Å²) in [5, 5.41) is 11.6. The van der Waals surface area contributed by atoms with Crippen molar-refractivity contribution in [1.82, 2.24) is 20.2 Å². The Kier molecular flexibility index (Phi) is 5.80. The lowest BCUT2D eigenvalue weighted by atomic mass is 10.2. The molecule has 10 heteroatoms. The van der Waals surface area contributed by atoms with E-state index in [4.69, 9.17) is 28.6 Å². The Morgan fingerprint density at radius 3 is 2.78 bits per heavy atom. The fourth-order valence-corrected chi connectivity index (χ4v) is 2.64. The SMILES string of the molecule is COc1ccc(C(=O)NC(=S)Nn2c(C)nnc2SC)cc1Cl. The number of hydrogen-bond donors (Lipinski definition) is 2. The molecule has 23 heavy (non-hydrogen) atoms. The predicted molar refractivity (Wildman–Crippen MR) is 94.0 cm³/mol. The Bertz CT molecular complexity index is 750. The van der Waals surface area contributed by atoms with Crippen molar-refractivity contribution in [3.8, 4) is 5.75 Å². The molecule has 0 aliphatic heterocycles. The maximum absolute atomic E-state index is 12.2. The molecule has 1 aromatic carbocycles. The largest absolute Gasteiger partial charge is 0.495 e. The molecule has 1 heterocycles. The third-order valence-electron chi connectivity index (χ3n) is 2.83. The zero-order valence-electron chi connectivity index (χ0n) is 12.6. The number of ether oxygens (including phenoxy) is 1.